The smallest absolute Gasteiger partial charge is 0.307 e. The van der Waals surface area contributed by atoms with Crippen LogP contribution in [0.4, 0.5) is 0 Å². The first-order valence-electron chi connectivity index (χ1n) is 5.59. The molecule has 2 nitrogen and oxygen atoms in total. The number of rotatable bonds is 3. The van der Waals surface area contributed by atoms with Crippen LogP contribution in [0.15, 0.2) is 24.3 Å². The van der Waals surface area contributed by atoms with Crippen LogP contribution in [0.1, 0.15) is 36.0 Å². The largest absolute Gasteiger partial charge is 0.481 e. The normalized spacial score (nSPS) is 23.6. The Kier molecular flexibility index (Phi) is 2.82. The molecule has 0 spiro atoms. The highest BCUT2D eigenvalue weighted by Gasteiger charge is 2.44. The van der Waals surface area contributed by atoms with Crippen molar-refractivity contribution >= 4 is 12.0 Å². The van der Waals surface area contributed by atoms with Crippen LogP contribution < -0.4 is 0 Å². The first-order valence-corrected chi connectivity index (χ1v) is 5.59. The number of carboxylic acid groups (broad SMARTS) is 1. The van der Waals surface area contributed by atoms with Crippen molar-refractivity contribution < 1.29 is 9.90 Å². The van der Waals surface area contributed by atoms with Gasteiger partial charge in [-0.25, -0.2) is 0 Å². The van der Waals surface area contributed by atoms with Crippen molar-refractivity contribution in [3.8, 4) is 0 Å². The van der Waals surface area contributed by atoms with Gasteiger partial charge in [0, 0.05) is 0 Å². The maximum Gasteiger partial charge on any atom is 0.307 e. The Hall–Kier alpha value is -1.57. The van der Waals surface area contributed by atoms with E-state index in [9.17, 15) is 4.79 Å². The summed E-state index contributed by atoms with van der Waals surface area (Å²) in [6, 6.07) is 6.24. The lowest BCUT2D eigenvalue weighted by Gasteiger charge is -2.04. The number of allylic oxidation sites excluding steroid dienone is 1. The molecule has 84 valence electrons. The topological polar surface area (TPSA) is 37.3 Å². The van der Waals surface area contributed by atoms with Crippen molar-refractivity contribution in [3.05, 3.63) is 41.0 Å². The van der Waals surface area contributed by atoms with Crippen molar-refractivity contribution in [2.75, 3.05) is 0 Å². The second kappa shape index (κ2) is 4.12. The fourth-order valence-corrected chi connectivity index (χ4v) is 2.13. The molecule has 1 aliphatic rings. The summed E-state index contributed by atoms with van der Waals surface area (Å²) in [5, 5.41) is 8.88. The zero-order valence-corrected chi connectivity index (χ0v) is 9.60. The first-order chi connectivity index (χ1) is 7.63. The van der Waals surface area contributed by atoms with E-state index in [1.165, 1.54) is 11.1 Å². The van der Waals surface area contributed by atoms with Gasteiger partial charge in [-0.15, -0.1) is 0 Å². The number of aryl methyl sites for hydroxylation is 1. The summed E-state index contributed by atoms with van der Waals surface area (Å²) in [5.41, 5.74) is 3.59. The van der Waals surface area contributed by atoms with Crippen LogP contribution in [0.3, 0.4) is 0 Å². The minimum absolute atomic E-state index is 0.160. The van der Waals surface area contributed by atoms with Crippen LogP contribution in [0.2, 0.25) is 0 Å². The van der Waals surface area contributed by atoms with E-state index in [0.717, 1.165) is 12.0 Å². The third kappa shape index (κ3) is 2.01. The SMILES string of the molecule is CC=Cc1ccc(C2CC2C(=O)O)cc1C. The van der Waals surface area contributed by atoms with E-state index in [0.29, 0.717) is 0 Å². The maximum atomic E-state index is 10.8. The number of aliphatic carboxylic acids is 1. The molecule has 0 bridgehead atoms. The van der Waals surface area contributed by atoms with Gasteiger partial charge in [0.1, 0.15) is 0 Å². The maximum absolute atomic E-state index is 10.8. The molecule has 0 saturated heterocycles. The van der Waals surface area contributed by atoms with Crippen LogP contribution in [0, 0.1) is 12.8 Å². The van der Waals surface area contributed by atoms with Gasteiger partial charge >= 0.3 is 5.97 Å². The molecule has 0 aromatic heterocycles. The predicted molar refractivity (Wildman–Crippen MR) is 64.4 cm³/mol. The third-order valence-corrected chi connectivity index (χ3v) is 3.18. The molecule has 1 aromatic carbocycles. The highest BCUT2D eigenvalue weighted by Crippen LogP contribution is 2.47. The van der Waals surface area contributed by atoms with Crippen molar-refractivity contribution in [1.82, 2.24) is 0 Å². The fraction of sp³-hybridized carbons (Fsp3) is 0.357. The zero-order valence-electron chi connectivity index (χ0n) is 9.60. The number of carbonyl (C=O) groups is 1. The second-order valence-electron chi connectivity index (χ2n) is 4.40. The molecule has 1 aromatic rings. The van der Waals surface area contributed by atoms with E-state index in [4.69, 9.17) is 5.11 Å². The van der Waals surface area contributed by atoms with Gasteiger partial charge in [0.15, 0.2) is 0 Å². The Morgan fingerprint density at radius 2 is 2.25 bits per heavy atom. The second-order valence-corrected chi connectivity index (χ2v) is 4.40. The van der Waals surface area contributed by atoms with E-state index in [-0.39, 0.29) is 11.8 Å². The molecular formula is C14H16O2. The molecule has 0 aliphatic heterocycles. The van der Waals surface area contributed by atoms with Crippen molar-refractivity contribution in [2.24, 2.45) is 5.92 Å². The summed E-state index contributed by atoms with van der Waals surface area (Å²) in [5.74, 6) is -0.594. The van der Waals surface area contributed by atoms with Crippen molar-refractivity contribution in [2.45, 2.75) is 26.2 Å². The van der Waals surface area contributed by atoms with Crippen molar-refractivity contribution in [1.29, 1.82) is 0 Å². The van der Waals surface area contributed by atoms with Gasteiger partial charge in [0.25, 0.3) is 0 Å². The fourth-order valence-electron chi connectivity index (χ4n) is 2.13. The lowest BCUT2D eigenvalue weighted by molar-refractivity contribution is -0.138. The molecule has 2 heteroatoms. The Morgan fingerprint density at radius 1 is 1.50 bits per heavy atom. The number of hydrogen-bond donors (Lipinski definition) is 1. The average molecular weight is 216 g/mol. The van der Waals surface area contributed by atoms with E-state index in [2.05, 4.69) is 31.2 Å². The van der Waals surface area contributed by atoms with Crippen LogP contribution in [0.5, 0.6) is 0 Å². The van der Waals surface area contributed by atoms with Gasteiger partial charge in [-0.3, -0.25) is 4.79 Å². The van der Waals surface area contributed by atoms with Gasteiger partial charge in [0.05, 0.1) is 5.92 Å². The summed E-state index contributed by atoms with van der Waals surface area (Å²) in [6.45, 7) is 4.06. The highest BCUT2D eigenvalue weighted by atomic mass is 16.4. The molecule has 1 N–H and O–H groups in total. The van der Waals surface area contributed by atoms with Crippen LogP contribution in [0.25, 0.3) is 6.08 Å². The van der Waals surface area contributed by atoms with Gasteiger partial charge in [-0.2, -0.15) is 0 Å². The summed E-state index contributed by atoms with van der Waals surface area (Å²) < 4.78 is 0. The molecule has 0 heterocycles. The molecule has 1 aliphatic carbocycles. The van der Waals surface area contributed by atoms with E-state index < -0.39 is 5.97 Å². The molecular weight excluding hydrogens is 200 g/mol. The van der Waals surface area contributed by atoms with Gasteiger partial charge in [0.2, 0.25) is 0 Å². The molecule has 1 fully saturated rings. The van der Waals surface area contributed by atoms with Gasteiger partial charge in [-0.05, 0) is 42.9 Å². The number of hydrogen-bond acceptors (Lipinski definition) is 1. The lowest BCUT2D eigenvalue weighted by Crippen LogP contribution is -1.99. The Labute approximate surface area is 95.6 Å². The van der Waals surface area contributed by atoms with Crippen LogP contribution >= 0.6 is 0 Å². The Balaban J connectivity index is 2.20. The van der Waals surface area contributed by atoms with E-state index in [1.54, 1.807) is 0 Å². The summed E-state index contributed by atoms with van der Waals surface area (Å²) in [7, 11) is 0. The molecule has 2 unspecified atom stereocenters. The standard InChI is InChI=1S/C14H16O2/c1-3-4-10-5-6-11(7-9(10)2)12-8-13(12)14(15)16/h3-7,12-13H,8H2,1-2H3,(H,15,16). The van der Waals surface area contributed by atoms with E-state index >= 15 is 0 Å². The molecule has 16 heavy (non-hydrogen) atoms. The third-order valence-electron chi connectivity index (χ3n) is 3.18. The molecule has 0 amide bonds. The molecule has 1 saturated carbocycles. The minimum atomic E-state index is -0.666. The zero-order chi connectivity index (χ0) is 11.7. The monoisotopic (exact) mass is 216 g/mol. The summed E-state index contributed by atoms with van der Waals surface area (Å²) >= 11 is 0. The average Bonchev–Trinajstić information content (AvgIpc) is 3.01. The summed E-state index contributed by atoms with van der Waals surface area (Å²) in [6.07, 6.45) is 4.87. The lowest BCUT2D eigenvalue weighted by atomic mass is 10.0. The Morgan fingerprint density at radius 3 is 2.75 bits per heavy atom. The van der Waals surface area contributed by atoms with Crippen molar-refractivity contribution in [3.63, 3.8) is 0 Å². The van der Waals surface area contributed by atoms with E-state index in [1.807, 2.05) is 13.0 Å². The van der Waals surface area contributed by atoms with Crippen LogP contribution in [-0.2, 0) is 4.79 Å². The predicted octanol–water partition coefficient (Wildman–Crippen LogP) is 3.22. The Bertz CT molecular complexity index is 446. The molecule has 0 radical (unpaired) electrons. The highest BCUT2D eigenvalue weighted by molar-refractivity contribution is 5.75. The first kappa shape index (κ1) is 10.9. The number of carboxylic acids is 1. The minimum Gasteiger partial charge on any atom is -0.481 e. The quantitative estimate of drug-likeness (QED) is 0.842. The van der Waals surface area contributed by atoms with Gasteiger partial charge in [-0.1, -0.05) is 30.4 Å². The molecule has 2 atom stereocenters. The number of benzene rings is 1. The van der Waals surface area contributed by atoms with Gasteiger partial charge < -0.3 is 5.11 Å². The molecule has 2 rings (SSSR count). The summed E-state index contributed by atoms with van der Waals surface area (Å²) in [4.78, 5) is 10.8. The van der Waals surface area contributed by atoms with Crippen LogP contribution in [-0.4, -0.2) is 11.1 Å².